The van der Waals surface area contributed by atoms with E-state index in [1.54, 1.807) is 12.3 Å². The number of amides is 2. The molecule has 2 heterocycles. The predicted octanol–water partition coefficient (Wildman–Crippen LogP) is 4.15. The average molecular weight is 558 g/mol. The van der Waals surface area contributed by atoms with E-state index in [0.717, 1.165) is 28.9 Å². The van der Waals surface area contributed by atoms with Gasteiger partial charge < -0.3 is 15.1 Å². The second kappa shape index (κ2) is 10.8. The zero-order chi connectivity index (χ0) is 23.4. The number of hydrogen-bond donors (Lipinski definition) is 2. The van der Waals surface area contributed by atoms with Crippen LogP contribution in [0.25, 0.3) is 5.57 Å². The van der Waals surface area contributed by atoms with Gasteiger partial charge in [-0.05, 0) is 124 Å². The number of imide groups is 1. The standard InChI is InChI=1S/C26H31IN4O2/c1-30(2)12-3-13-31-14-10-19(11-15-31)18-4-7-21(8-5-18)28-17-24-23-16-20(27)6-9-22(23)25(32)29-26(24)33/h4-9,16-17,19,28H,3,10-15H2,1-2H3,(H,29,32,33)/b24-17-. The van der Waals surface area contributed by atoms with Crippen LogP contribution in [0.1, 0.15) is 46.7 Å². The number of carbonyl (C=O) groups excluding carboxylic acids is 2. The quantitative estimate of drug-likeness (QED) is 0.304. The number of anilines is 1. The Morgan fingerprint density at radius 2 is 1.79 bits per heavy atom. The third kappa shape index (κ3) is 6.02. The van der Waals surface area contributed by atoms with Gasteiger partial charge >= 0.3 is 0 Å². The predicted molar refractivity (Wildman–Crippen MR) is 141 cm³/mol. The lowest BCUT2D eigenvalue weighted by molar-refractivity contribution is -0.114. The van der Waals surface area contributed by atoms with Crippen molar-refractivity contribution in [2.24, 2.45) is 0 Å². The van der Waals surface area contributed by atoms with E-state index in [1.807, 2.05) is 12.1 Å². The number of benzene rings is 2. The van der Waals surface area contributed by atoms with Crippen LogP contribution in [-0.2, 0) is 4.79 Å². The lowest BCUT2D eigenvalue weighted by Gasteiger charge is -2.32. The molecule has 2 aliphatic heterocycles. The first-order chi connectivity index (χ1) is 15.9. The van der Waals surface area contributed by atoms with Crippen LogP contribution in [0.3, 0.4) is 0 Å². The van der Waals surface area contributed by atoms with Gasteiger partial charge in [-0.2, -0.15) is 0 Å². The molecular weight excluding hydrogens is 527 g/mol. The second-order valence-electron chi connectivity index (χ2n) is 9.07. The smallest absolute Gasteiger partial charge is 0.260 e. The maximum atomic E-state index is 12.4. The summed E-state index contributed by atoms with van der Waals surface area (Å²) >= 11 is 2.19. The molecule has 2 aliphatic rings. The van der Waals surface area contributed by atoms with Gasteiger partial charge in [0.2, 0.25) is 0 Å². The second-order valence-corrected chi connectivity index (χ2v) is 10.3. The molecule has 0 aromatic heterocycles. The SMILES string of the molecule is CN(C)CCCN1CCC(c2ccc(N/C=C3\C(=O)NC(=O)c4ccc(I)cc43)cc2)CC1. The van der Waals surface area contributed by atoms with E-state index in [2.05, 4.69) is 81.4 Å². The summed E-state index contributed by atoms with van der Waals surface area (Å²) in [5.74, 6) is -0.126. The summed E-state index contributed by atoms with van der Waals surface area (Å²) in [5.41, 5.74) is 3.95. The van der Waals surface area contributed by atoms with Crippen molar-refractivity contribution in [2.75, 3.05) is 45.6 Å². The first kappa shape index (κ1) is 23.9. The Morgan fingerprint density at radius 1 is 1.06 bits per heavy atom. The number of piperidine rings is 1. The number of fused-ring (bicyclic) bond motifs is 1. The maximum Gasteiger partial charge on any atom is 0.260 e. The minimum Gasteiger partial charge on any atom is -0.361 e. The minimum absolute atomic E-state index is 0.350. The van der Waals surface area contributed by atoms with Crippen LogP contribution >= 0.6 is 22.6 Å². The Labute approximate surface area is 209 Å². The van der Waals surface area contributed by atoms with E-state index in [4.69, 9.17) is 0 Å². The number of nitrogens with one attached hydrogen (secondary N) is 2. The number of nitrogens with zero attached hydrogens (tertiary/aromatic N) is 2. The molecule has 0 saturated carbocycles. The molecule has 4 rings (SSSR count). The number of halogens is 1. The fourth-order valence-electron chi connectivity index (χ4n) is 4.55. The molecule has 2 N–H and O–H groups in total. The third-order valence-electron chi connectivity index (χ3n) is 6.42. The van der Waals surface area contributed by atoms with Gasteiger partial charge in [-0.15, -0.1) is 0 Å². The number of likely N-dealkylation sites (tertiary alicyclic amines) is 1. The zero-order valence-corrected chi connectivity index (χ0v) is 21.4. The van der Waals surface area contributed by atoms with Crippen LogP contribution in [-0.4, -0.2) is 61.9 Å². The van der Waals surface area contributed by atoms with E-state index in [9.17, 15) is 9.59 Å². The molecular formula is C26H31IN4O2. The fraction of sp³-hybridized carbons (Fsp3) is 0.385. The molecule has 0 aliphatic carbocycles. The highest BCUT2D eigenvalue weighted by Gasteiger charge is 2.27. The van der Waals surface area contributed by atoms with Crippen LogP contribution < -0.4 is 10.6 Å². The first-order valence-electron chi connectivity index (χ1n) is 11.5. The molecule has 6 nitrogen and oxygen atoms in total. The molecule has 1 fully saturated rings. The molecule has 0 unspecified atom stereocenters. The van der Waals surface area contributed by atoms with Gasteiger partial charge in [0.15, 0.2) is 0 Å². The Hall–Kier alpha value is -2.23. The maximum absolute atomic E-state index is 12.4. The molecule has 33 heavy (non-hydrogen) atoms. The van der Waals surface area contributed by atoms with Crippen LogP contribution in [0.5, 0.6) is 0 Å². The summed E-state index contributed by atoms with van der Waals surface area (Å²) in [6.07, 6.45) is 5.31. The highest BCUT2D eigenvalue weighted by molar-refractivity contribution is 14.1. The lowest BCUT2D eigenvalue weighted by Crippen LogP contribution is -2.36. The van der Waals surface area contributed by atoms with E-state index in [-0.39, 0.29) is 11.8 Å². The van der Waals surface area contributed by atoms with Crippen molar-refractivity contribution in [2.45, 2.75) is 25.2 Å². The van der Waals surface area contributed by atoms with Gasteiger partial charge in [0, 0.05) is 26.6 Å². The highest BCUT2D eigenvalue weighted by atomic mass is 127. The topological polar surface area (TPSA) is 64.7 Å². The lowest BCUT2D eigenvalue weighted by atomic mass is 9.89. The van der Waals surface area contributed by atoms with Crippen LogP contribution in [0, 0.1) is 3.57 Å². The summed E-state index contributed by atoms with van der Waals surface area (Å²) in [5, 5.41) is 5.66. The average Bonchev–Trinajstić information content (AvgIpc) is 2.79. The summed E-state index contributed by atoms with van der Waals surface area (Å²) in [6, 6.07) is 14.0. The molecule has 0 spiro atoms. The molecule has 0 atom stereocenters. The molecule has 2 amide bonds. The molecule has 174 valence electrons. The van der Waals surface area contributed by atoms with Gasteiger partial charge in [-0.3, -0.25) is 14.9 Å². The summed E-state index contributed by atoms with van der Waals surface area (Å²) in [7, 11) is 4.26. The Balaban J connectivity index is 1.37. The van der Waals surface area contributed by atoms with Crippen molar-refractivity contribution < 1.29 is 9.59 Å². The summed E-state index contributed by atoms with van der Waals surface area (Å²) < 4.78 is 0.979. The van der Waals surface area contributed by atoms with Gasteiger partial charge in [0.1, 0.15) is 0 Å². The molecule has 1 saturated heterocycles. The van der Waals surface area contributed by atoms with E-state index in [0.29, 0.717) is 22.6 Å². The van der Waals surface area contributed by atoms with Crippen molar-refractivity contribution in [3.63, 3.8) is 0 Å². The van der Waals surface area contributed by atoms with Crippen molar-refractivity contribution >= 4 is 45.7 Å². The number of carbonyl (C=O) groups is 2. The molecule has 2 aromatic carbocycles. The Kier molecular flexibility index (Phi) is 7.82. The molecule has 2 aromatic rings. The van der Waals surface area contributed by atoms with Crippen LogP contribution in [0.15, 0.2) is 48.7 Å². The van der Waals surface area contributed by atoms with Gasteiger partial charge in [0.05, 0.1) is 5.57 Å². The number of rotatable bonds is 7. The van der Waals surface area contributed by atoms with Crippen molar-refractivity contribution in [3.8, 4) is 0 Å². The summed E-state index contributed by atoms with van der Waals surface area (Å²) in [6.45, 7) is 4.66. The molecule has 7 heteroatoms. The van der Waals surface area contributed by atoms with Crippen molar-refractivity contribution in [3.05, 3.63) is 68.9 Å². The van der Waals surface area contributed by atoms with Crippen LogP contribution in [0.2, 0.25) is 0 Å². The number of hydrogen-bond acceptors (Lipinski definition) is 5. The first-order valence-corrected chi connectivity index (χ1v) is 12.6. The van der Waals surface area contributed by atoms with Crippen molar-refractivity contribution in [1.82, 2.24) is 15.1 Å². The molecule has 0 radical (unpaired) electrons. The molecule has 0 bridgehead atoms. The summed E-state index contributed by atoms with van der Waals surface area (Å²) in [4.78, 5) is 29.4. The van der Waals surface area contributed by atoms with E-state index < -0.39 is 0 Å². The van der Waals surface area contributed by atoms with Gasteiger partial charge in [-0.1, -0.05) is 12.1 Å². The van der Waals surface area contributed by atoms with E-state index in [1.165, 1.54) is 31.4 Å². The minimum atomic E-state index is -0.379. The Bertz CT molecular complexity index is 1040. The monoisotopic (exact) mass is 558 g/mol. The van der Waals surface area contributed by atoms with E-state index >= 15 is 0 Å². The van der Waals surface area contributed by atoms with Gasteiger partial charge in [-0.25, -0.2) is 0 Å². The highest BCUT2D eigenvalue weighted by Crippen LogP contribution is 2.30. The fourth-order valence-corrected chi connectivity index (χ4v) is 5.04. The van der Waals surface area contributed by atoms with Gasteiger partial charge in [0.25, 0.3) is 11.8 Å². The largest absolute Gasteiger partial charge is 0.361 e. The zero-order valence-electron chi connectivity index (χ0n) is 19.2. The normalized spacial score (nSPS) is 18.5. The van der Waals surface area contributed by atoms with Crippen molar-refractivity contribution in [1.29, 1.82) is 0 Å². The Morgan fingerprint density at radius 3 is 2.48 bits per heavy atom. The third-order valence-corrected chi connectivity index (χ3v) is 7.09. The van der Waals surface area contributed by atoms with Crippen LogP contribution in [0.4, 0.5) is 5.69 Å².